The van der Waals surface area contributed by atoms with Crippen molar-refractivity contribution in [3.05, 3.63) is 0 Å². The Bertz CT molecular complexity index is 26.5. The molecule has 0 rings (SSSR count). The van der Waals surface area contributed by atoms with Crippen LogP contribution in [0.1, 0.15) is 0 Å². The summed E-state index contributed by atoms with van der Waals surface area (Å²) < 4.78 is 51.1. The van der Waals surface area contributed by atoms with E-state index >= 15 is 0 Å². The molecule has 0 bridgehead atoms. The molecule has 0 aromatic carbocycles. The summed E-state index contributed by atoms with van der Waals surface area (Å²) in [5, 5.41) is 0. The second-order valence-electron chi connectivity index (χ2n) is 0.378. The van der Waals surface area contributed by atoms with Gasteiger partial charge in [0.15, 0.2) is 0 Å². The first-order valence-corrected chi connectivity index (χ1v) is 4.81. The van der Waals surface area contributed by atoms with Gasteiger partial charge in [0.1, 0.15) is 0 Å². The molecular formula is Br2MgO6. The van der Waals surface area contributed by atoms with Crippen LogP contribution in [0.25, 0.3) is 0 Å². The molecule has 0 radical (unpaired) electrons. The van der Waals surface area contributed by atoms with Crippen LogP contribution < -0.4 is 25.2 Å². The van der Waals surface area contributed by atoms with Gasteiger partial charge in [0.25, 0.3) is 0 Å². The second-order valence-corrected chi connectivity index (χ2v) is 1.96. The van der Waals surface area contributed by atoms with Crippen LogP contribution in [0.3, 0.4) is 0 Å². The SMILES string of the molecule is [Mg+2].[O-][Br+2]([O-])[O-].[O-][Br+2]([O-])[O-]. The van der Waals surface area contributed by atoms with E-state index in [1.54, 1.807) is 0 Å². The molecule has 9 heavy (non-hydrogen) atoms. The molecule has 0 amide bonds. The van der Waals surface area contributed by atoms with Crippen molar-refractivity contribution < 1.29 is 54.8 Å². The van der Waals surface area contributed by atoms with Gasteiger partial charge >= 0.3 is 23.1 Å². The van der Waals surface area contributed by atoms with E-state index in [0.29, 0.717) is 0 Å². The number of hydrogen-bond donors (Lipinski definition) is 0. The van der Waals surface area contributed by atoms with Crippen LogP contribution in [0.15, 0.2) is 0 Å². The second kappa shape index (κ2) is 12.2. The van der Waals surface area contributed by atoms with E-state index in [9.17, 15) is 0 Å². The molecule has 0 aromatic heterocycles. The first kappa shape index (κ1) is 16.8. The number of halogens is 2. The normalized spacial score (nSPS) is 8.00. The first-order chi connectivity index (χ1) is 3.46. The van der Waals surface area contributed by atoms with Gasteiger partial charge < -0.3 is 25.2 Å². The van der Waals surface area contributed by atoms with Crippen molar-refractivity contribution in [3.63, 3.8) is 0 Å². The minimum Gasteiger partial charge on any atom is -0.405 e. The first-order valence-electron chi connectivity index (χ1n) is 0.926. The summed E-state index contributed by atoms with van der Waals surface area (Å²) in [5.41, 5.74) is 0. The Hall–Kier alpha value is 1.49. The Morgan fingerprint density at radius 2 is 0.556 bits per heavy atom. The van der Waals surface area contributed by atoms with E-state index in [0.717, 1.165) is 0 Å². The van der Waals surface area contributed by atoms with Gasteiger partial charge in [-0.2, -0.15) is 0 Å². The summed E-state index contributed by atoms with van der Waals surface area (Å²) in [5.74, 6) is 0. The fourth-order valence-electron chi connectivity index (χ4n) is 0. The molecule has 0 fully saturated rings. The molecule has 0 saturated carbocycles. The standard InChI is InChI=1S/2BrO3.Mg/c2*2-1(3)4;/q2*-1;+2. The summed E-state index contributed by atoms with van der Waals surface area (Å²) in [6.45, 7) is 0. The van der Waals surface area contributed by atoms with Gasteiger partial charge in [0, 0.05) is 0 Å². The Balaban J connectivity index is -0.0000000720. The van der Waals surface area contributed by atoms with Crippen LogP contribution in [-0.4, -0.2) is 23.1 Å². The predicted molar refractivity (Wildman–Crippen MR) is 5.75 cm³/mol. The van der Waals surface area contributed by atoms with Crippen molar-refractivity contribution in [2.75, 3.05) is 0 Å². The van der Waals surface area contributed by atoms with E-state index in [4.69, 9.17) is 25.2 Å². The zero-order chi connectivity index (χ0) is 7.15. The molecule has 0 unspecified atom stereocenters. The van der Waals surface area contributed by atoms with Crippen LogP contribution in [-0.2, 0) is 0 Å². The van der Waals surface area contributed by atoms with Gasteiger partial charge in [0.2, 0.25) is 29.6 Å². The van der Waals surface area contributed by atoms with Gasteiger partial charge in [-0.25, -0.2) is 0 Å². The zero-order valence-electron chi connectivity index (χ0n) is 3.91. The molecule has 0 heterocycles. The zero-order valence-corrected chi connectivity index (χ0v) is 8.50. The van der Waals surface area contributed by atoms with E-state index < -0.39 is 29.6 Å². The van der Waals surface area contributed by atoms with E-state index in [1.807, 2.05) is 0 Å². The van der Waals surface area contributed by atoms with Crippen LogP contribution in [0.2, 0.25) is 0 Å². The van der Waals surface area contributed by atoms with Gasteiger partial charge in [-0.15, -0.1) is 0 Å². The third-order valence-corrected chi connectivity index (χ3v) is 0. The van der Waals surface area contributed by atoms with Crippen LogP contribution in [0.5, 0.6) is 0 Å². The molecule has 0 atom stereocenters. The Morgan fingerprint density at radius 3 is 0.556 bits per heavy atom. The maximum Gasteiger partial charge on any atom is 2.00 e. The molecule has 0 aromatic rings. The van der Waals surface area contributed by atoms with E-state index in [-0.39, 0.29) is 23.1 Å². The molecule has 0 spiro atoms. The fraction of sp³-hybridized carbons (Fsp3) is 0. The molecule has 52 valence electrons. The summed E-state index contributed by atoms with van der Waals surface area (Å²) in [6.07, 6.45) is 0. The molecule has 0 N–H and O–H groups in total. The minimum absolute atomic E-state index is 0. The molecular weight excluding hydrogens is 280 g/mol. The molecule has 0 aliphatic heterocycles. The Kier molecular flexibility index (Phi) is 22.8. The molecule has 0 aliphatic rings. The summed E-state index contributed by atoms with van der Waals surface area (Å²) in [4.78, 5) is 0. The van der Waals surface area contributed by atoms with Crippen molar-refractivity contribution in [2.45, 2.75) is 0 Å². The molecule has 6 nitrogen and oxygen atoms in total. The number of hydrogen-bond acceptors (Lipinski definition) is 6. The van der Waals surface area contributed by atoms with Gasteiger partial charge in [-0.1, -0.05) is 0 Å². The maximum atomic E-state index is 8.52. The van der Waals surface area contributed by atoms with Crippen molar-refractivity contribution in [1.82, 2.24) is 0 Å². The maximum absolute atomic E-state index is 8.52. The summed E-state index contributed by atoms with van der Waals surface area (Å²) >= 11 is -7.29. The van der Waals surface area contributed by atoms with Crippen LogP contribution in [0, 0.1) is 29.6 Å². The van der Waals surface area contributed by atoms with Gasteiger partial charge in [0.05, 0.1) is 0 Å². The Morgan fingerprint density at radius 1 is 0.556 bits per heavy atom. The molecule has 0 saturated heterocycles. The minimum atomic E-state index is -3.65. The largest absolute Gasteiger partial charge is 2.00 e. The van der Waals surface area contributed by atoms with Crippen molar-refractivity contribution in [1.29, 1.82) is 0 Å². The fourth-order valence-corrected chi connectivity index (χ4v) is 0. The monoisotopic (exact) mass is 278 g/mol. The summed E-state index contributed by atoms with van der Waals surface area (Å²) in [6, 6.07) is 0. The number of rotatable bonds is 0. The van der Waals surface area contributed by atoms with E-state index in [1.165, 1.54) is 0 Å². The Labute approximate surface area is 77.5 Å². The average Bonchev–Trinajstić information content (AvgIpc) is 1.25. The smallest absolute Gasteiger partial charge is 0.405 e. The van der Waals surface area contributed by atoms with E-state index in [2.05, 4.69) is 0 Å². The quantitative estimate of drug-likeness (QED) is 0.404. The molecule has 0 aliphatic carbocycles. The third kappa shape index (κ3) is 241. The van der Waals surface area contributed by atoms with Gasteiger partial charge in [-0.05, 0) is 0 Å². The summed E-state index contributed by atoms with van der Waals surface area (Å²) in [7, 11) is 0. The van der Waals surface area contributed by atoms with Crippen LogP contribution >= 0.6 is 0 Å². The van der Waals surface area contributed by atoms with Crippen molar-refractivity contribution in [2.24, 2.45) is 0 Å². The third-order valence-electron chi connectivity index (χ3n) is 0. The van der Waals surface area contributed by atoms with Crippen molar-refractivity contribution in [3.8, 4) is 0 Å². The predicted octanol–water partition coefficient (Wildman–Crippen LogP) is -7.51. The molecule has 9 heteroatoms. The van der Waals surface area contributed by atoms with Crippen molar-refractivity contribution >= 4 is 23.1 Å². The van der Waals surface area contributed by atoms with Crippen LogP contribution in [0.4, 0.5) is 0 Å². The topological polar surface area (TPSA) is 138 Å². The average molecular weight is 280 g/mol. The van der Waals surface area contributed by atoms with Gasteiger partial charge in [-0.3, -0.25) is 0 Å².